The van der Waals surface area contributed by atoms with Crippen molar-refractivity contribution in [2.45, 2.75) is 0 Å². The second-order valence-electron chi connectivity index (χ2n) is 3.80. The largest absolute Gasteiger partial charge is 0.507 e. The first-order chi connectivity index (χ1) is 9.16. The molecule has 0 unspecified atom stereocenters. The number of para-hydroxylation sites is 1. The zero-order chi connectivity index (χ0) is 13.7. The van der Waals surface area contributed by atoms with Crippen molar-refractivity contribution in [3.63, 3.8) is 0 Å². The van der Waals surface area contributed by atoms with Crippen LogP contribution in [0.3, 0.4) is 0 Å². The molecule has 0 bridgehead atoms. The summed E-state index contributed by atoms with van der Waals surface area (Å²) in [6, 6.07) is 10.1. The number of thiophene rings is 1. The van der Waals surface area contributed by atoms with E-state index in [1.165, 1.54) is 29.5 Å². The first-order valence-electron chi connectivity index (χ1n) is 5.61. The van der Waals surface area contributed by atoms with E-state index in [4.69, 9.17) is 0 Å². The van der Waals surface area contributed by atoms with Crippen molar-refractivity contribution in [3.8, 4) is 5.75 Å². The molecule has 96 valence electrons. The monoisotopic (exact) mass is 272 g/mol. The van der Waals surface area contributed by atoms with Crippen LogP contribution in [-0.2, 0) is 4.79 Å². The Morgan fingerprint density at radius 2 is 1.95 bits per heavy atom. The summed E-state index contributed by atoms with van der Waals surface area (Å²) in [7, 11) is 0. The number of aromatic hydroxyl groups is 1. The molecule has 0 aliphatic rings. The van der Waals surface area contributed by atoms with Crippen molar-refractivity contribution in [2.24, 2.45) is 0 Å². The van der Waals surface area contributed by atoms with Gasteiger partial charge in [0.25, 0.3) is 0 Å². The number of allylic oxidation sites excluding steroid dienone is 2. The highest BCUT2D eigenvalue weighted by Crippen LogP contribution is 2.22. The maximum absolute atomic E-state index is 11.6. The summed E-state index contributed by atoms with van der Waals surface area (Å²) in [5, 5.41) is 21.2. The Morgan fingerprint density at radius 1 is 1.16 bits per heavy atom. The van der Waals surface area contributed by atoms with E-state index < -0.39 is 0 Å². The number of carbonyl (C=O) groups excluding carboxylic acids is 1. The van der Waals surface area contributed by atoms with Crippen LogP contribution in [-0.4, -0.2) is 16.0 Å². The number of benzene rings is 1. The van der Waals surface area contributed by atoms with Crippen LogP contribution in [0.5, 0.6) is 5.75 Å². The Morgan fingerprint density at radius 3 is 2.63 bits per heavy atom. The maximum Gasteiger partial charge on any atom is 0.182 e. The van der Waals surface area contributed by atoms with Gasteiger partial charge < -0.3 is 10.2 Å². The van der Waals surface area contributed by atoms with Gasteiger partial charge in [-0.15, -0.1) is 11.3 Å². The Bertz CT molecular complexity index is 625. The Hall–Kier alpha value is -2.33. The van der Waals surface area contributed by atoms with E-state index in [0.717, 1.165) is 11.0 Å². The molecule has 2 N–H and O–H groups in total. The van der Waals surface area contributed by atoms with Gasteiger partial charge in [0.05, 0.1) is 5.56 Å². The van der Waals surface area contributed by atoms with Gasteiger partial charge in [0.1, 0.15) is 11.5 Å². The van der Waals surface area contributed by atoms with Crippen LogP contribution in [0.15, 0.2) is 53.9 Å². The number of ketones is 1. The highest BCUT2D eigenvalue weighted by Gasteiger charge is 2.05. The van der Waals surface area contributed by atoms with E-state index in [0.29, 0.717) is 0 Å². The predicted molar refractivity (Wildman–Crippen MR) is 77.1 cm³/mol. The van der Waals surface area contributed by atoms with Crippen molar-refractivity contribution < 1.29 is 15.0 Å². The van der Waals surface area contributed by atoms with Gasteiger partial charge in [-0.25, -0.2) is 0 Å². The lowest BCUT2D eigenvalue weighted by atomic mass is 10.1. The van der Waals surface area contributed by atoms with E-state index in [2.05, 4.69) is 0 Å². The molecule has 0 aliphatic heterocycles. The van der Waals surface area contributed by atoms with Crippen LogP contribution in [0.2, 0.25) is 0 Å². The van der Waals surface area contributed by atoms with E-state index in [-0.39, 0.29) is 22.9 Å². The normalized spacial score (nSPS) is 11.9. The van der Waals surface area contributed by atoms with Crippen LogP contribution >= 0.6 is 11.3 Å². The van der Waals surface area contributed by atoms with Crippen molar-refractivity contribution in [2.75, 3.05) is 0 Å². The van der Waals surface area contributed by atoms with Crippen molar-refractivity contribution in [3.05, 3.63) is 64.4 Å². The quantitative estimate of drug-likeness (QED) is 0.660. The molecule has 0 saturated carbocycles. The average Bonchev–Trinajstić information content (AvgIpc) is 2.90. The Kier molecular flexibility index (Phi) is 4.15. The maximum atomic E-state index is 11.6. The molecule has 0 saturated heterocycles. The molecule has 0 atom stereocenters. The van der Waals surface area contributed by atoms with Gasteiger partial charge in [-0.05, 0) is 35.7 Å². The minimum Gasteiger partial charge on any atom is -0.507 e. The predicted octanol–water partition coefficient (Wildman–Crippen LogP) is 3.64. The van der Waals surface area contributed by atoms with E-state index in [1.807, 2.05) is 17.5 Å². The van der Waals surface area contributed by atoms with E-state index in [1.54, 1.807) is 18.2 Å². The van der Waals surface area contributed by atoms with Crippen LogP contribution in [0.1, 0.15) is 10.4 Å². The number of rotatable bonds is 4. The average molecular weight is 272 g/mol. The van der Waals surface area contributed by atoms with Gasteiger partial charge in [-0.3, -0.25) is 4.79 Å². The summed E-state index contributed by atoms with van der Waals surface area (Å²) in [6.07, 6.45) is 4.14. The van der Waals surface area contributed by atoms with Crippen LogP contribution in [0, 0.1) is 0 Å². The van der Waals surface area contributed by atoms with Gasteiger partial charge in [0, 0.05) is 11.0 Å². The second kappa shape index (κ2) is 6.02. The number of aliphatic hydroxyl groups excluding tert-OH is 1. The lowest BCUT2D eigenvalue weighted by Gasteiger charge is -2.01. The summed E-state index contributed by atoms with van der Waals surface area (Å²) < 4.78 is 0. The Labute approximate surface area is 114 Å². The first kappa shape index (κ1) is 13.1. The van der Waals surface area contributed by atoms with Crippen molar-refractivity contribution >= 4 is 29.0 Å². The molecule has 0 radical (unpaired) electrons. The fourth-order valence-corrected chi connectivity index (χ4v) is 2.12. The molecule has 0 spiro atoms. The smallest absolute Gasteiger partial charge is 0.182 e. The highest BCUT2D eigenvalue weighted by atomic mass is 32.1. The molecule has 0 fully saturated rings. The topological polar surface area (TPSA) is 57.5 Å². The molecule has 3 nitrogen and oxygen atoms in total. The number of hydrogen-bond donors (Lipinski definition) is 2. The molecule has 2 rings (SSSR count). The zero-order valence-electron chi connectivity index (χ0n) is 9.98. The van der Waals surface area contributed by atoms with Crippen molar-refractivity contribution in [1.29, 1.82) is 0 Å². The minimum atomic E-state index is -0.339. The standard InChI is InChI=1S/C15H12O3S/c16-11(7-8-12-4-3-9-19-12)10-15(18)13-5-1-2-6-14(13)17/h1-10,17-18H/b8-7+,15-10-. The molecule has 1 aromatic carbocycles. The lowest BCUT2D eigenvalue weighted by Crippen LogP contribution is -1.90. The summed E-state index contributed by atoms with van der Waals surface area (Å²) in [5.41, 5.74) is 0.236. The van der Waals surface area contributed by atoms with Gasteiger partial charge in [-0.2, -0.15) is 0 Å². The SMILES string of the molecule is O=C(/C=C(\O)c1ccccc1O)/C=C/c1cccs1. The number of phenolic OH excluding ortho intramolecular Hbond substituents is 1. The molecule has 19 heavy (non-hydrogen) atoms. The molecule has 1 heterocycles. The first-order valence-corrected chi connectivity index (χ1v) is 6.49. The van der Waals surface area contributed by atoms with E-state index in [9.17, 15) is 15.0 Å². The third-order valence-electron chi connectivity index (χ3n) is 2.41. The number of aliphatic hydroxyl groups is 1. The molecular formula is C15H12O3S. The summed E-state index contributed by atoms with van der Waals surface area (Å²) >= 11 is 1.52. The third-order valence-corrected chi connectivity index (χ3v) is 3.25. The summed E-state index contributed by atoms with van der Waals surface area (Å²) in [6.45, 7) is 0. The second-order valence-corrected chi connectivity index (χ2v) is 4.78. The highest BCUT2D eigenvalue weighted by molar-refractivity contribution is 7.10. The number of phenols is 1. The number of carbonyl (C=O) groups is 1. The number of hydrogen-bond acceptors (Lipinski definition) is 4. The molecule has 0 amide bonds. The molecule has 4 heteroatoms. The van der Waals surface area contributed by atoms with Crippen LogP contribution in [0.4, 0.5) is 0 Å². The van der Waals surface area contributed by atoms with Crippen molar-refractivity contribution in [1.82, 2.24) is 0 Å². The van der Waals surface area contributed by atoms with Gasteiger partial charge >= 0.3 is 0 Å². The summed E-state index contributed by atoms with van der Waals surface area (Å²) in [4.78, 5) is 12.6. The van der Waals surface area contributed by atoms with Gasteiger partial charge in [0.2, 0.25) is 0 Å². The van der Waals surface area contributed by atoms with Gasteiger partial charge in [0.15, 0.2) is 5.78 Å². The fourth-order valence-electron chi connectivity index (χ4n) is 1.50. The molecular weight excluding hydrogens is 260 g/mol. The van der Waals surface area contributed by atoms with Crippen LogP contribution < -0.4 is 0 Å². The minimum absolute atomic E-state index is 0.0636. The Balaban J connectivity index is 2.13. The zero-order valence-corrected chi connectivity index (χ0v) is 10.8. The third kappa shape index (κ3) is 3.56. The molecule has 2 aromatic rings. The van der Waals surface area contributed by atoms with Gasteiger partial charge in [-0.1, -0.05) is 18.2 Å². The van der Waals surface area contributed by atoms with Crippen LogP contribution in [0.25, 0.3) is 11.8 Å². The van der Waals surface area contributed by atoms with E-state index >= 15 is 0 Å². The molecule has 1 aromatic heterocycles. The fraction of sp³-hybridized carbons (Fsp3) is 0. The summed E-state index contributed by atoms with van der Waals surface area (Å²) in [5.74, 6) is -0.653. The molecule has 0 aliphatic carbocycles. The lowest BCUT2D eigenvalue weighted by molar-refractivity contribution is -0.110.